The molecule has 0 saturated carbocycles. The SMILES string of the molecule is c1ccc2c(NCc3ccc(-n4cccn4)nc3)nc(-c3ccncc3)nc2c1. The number of aromatic nitrogens is 6. The van der Waals surface area contributed by atoms with Gasteiger partial charge in [0.1, 0.15) is 5.82 Å². The Kier molecular flexibility index (Phi) is 4.38. The molecule has 4 heterocycles. The first-order valence-electron chi connectivity index (χ1n) is 9.23. The number of anilines is 1. The van der Waals surface area contributed by atoms with E-state index >= 15 is 0 Å². The predicted octanol–water partition coefficient (Wildman–Crippen LogP) is 3.88. The van der Waals surface area contributed by atoms with E-state index in [1.807, 2.05) is 67.0 Å². The molecule has 29 heavy (non-hydrogen) atoms. The largest absolute Gasteiger partial charge is 0.365 e. The van der Waals surface area contributed by atoms with Crippen LogP contribution >= 0.6 is 0 Å². The molecule has 5 aromatic rings. The Balaban J connectivity index is 1.44. The average Bonchev–Trinajstić information content (AvgIpc) is 3.33. The molecule has 5 rings (SSSR count). The normalized spacial score (nSPS) is 10.9. The van der Waals surface area contributed by atoms with Crippen molar-refractivity contribution in [2.24, 2.45) is 0 Å². The van der Waals surface area contributed by atoms with Crippen LogP contribution in [0.15, 0.2) is 85.6 Å². The molecule has 4 aromatic heterocycles. The van der Waals surface area contributed by atoms with E-state index in [1.165, 1.54) is 0 Å². The number of nitrogens with zero attached hydrogens (tertiary/aromatic N) is 6. The molecule has 0 aliphatic rings. The number of pyridine rings is 2. The molecule has 7 heteroatoms. The Morgan fingerprint density at radius 2 is 1.76 bits per heavy atom. The Morgan fingerprint density at radius 1 is 0.862 bits per heavy atom. The van der Waals surface area contributed by atoms with Crippen LogP contribution in [0, 0.1) is 0 Å². The van der Waals surface area contributed by atoms with Crippen molar-refractivity contribution in [3.8, 4) is 17.2 Å². The number of hydrogen-bond acceptors (Lipinski definition) is 6. The van der Waals surface area contributed by atoms with Gasteiger partial charge in [-0.15, -0.1) is 0 Å². The van der Waals surface area contributed by atoms with E-state index in [0.29, 0.717) is 12.4 Å². The van der Waals surface area contributed by atoms with Crippen molar-refractivity contribution in [3.05, 3.63) is 91.1 Å². The van der Waals surface area contributed by atoms with Gasteiger partial charge in [-0.3, -0.25) is 4.98 Å². The second-order valence-electron chi connectivity index (χ2n) is 6.48. The highest BCUT2D eigenvalue weighted by Crippen LogP contribution is 2.25. The fourth-order valence-electron chi connectivity index (χ4n) is 3.09. The van der Waals surface area contributed by atoms with E-state index in [1.54, 1.807) is 23.3 Å². The molecular weight excluding hydrogens is 362 g/mol. The third kappa shape index (κ3) is 3.53. The first kappa shape index (κ1) is 17.0. The lowest BCUT2D eigenvalue weighted by molar-refractivity contribution is 0.843. The molecule has 0 aliphatic heterocycles. The molecule has 0 fully saturated rings. The minimum atomic E-state index is 0.600. The highest BCUT2D eigenvalue weighted by Gasteiger charge is 2.09. The van der Waals surface area contributed by atoms with Gasteiger partial charge in [-0.1, -0.05) is 18.2 Å². The molecule has 1 aromatic carbocycles. The topological polar surface area (TPSA) is 81.4 Å². The van der Waals surface area contributed by atoms with Crippen molar-refractivity contribution >= 4 is 16.7 Å². The lowest BCUT2D eigenvalue weighted by Gasteiger charge is -2.11. The number of para-hydroxylation sites is 1. The first-order valence-corrected chi connectivity index (χ1v) is 9.23. The summed E-state index contributed by atoms with van der Waals surface area (Å²) in [6, 6.07) is 17.7. The molecule has 0 amide bonds. The Labute approximate surface area is 167 Å². The maximum atomic E-state index is 4.76. The number of rotatable bonds is 5. The third-order valence-corrected chi connectivity index (χ3v) is 4.55. The van der Waals surface area contributed by atoms with E-state index < -0.39 is 0 Å². The second-order valence-corrected chi connectivity index (χ2v) is 6.48. The van der Waals surface area contributed by atoms with Crippen LogP contribution < -0.4 is 5.32 Å². The van der Waals surface area contributed by atoms with E-state index in [2.05, 4.69) is 20.4 Å². The highest BCUT2D eigenvalue weighted by atomic mass is 15.3. The quantitative estimate of drug-likeness (QED) is 0.499. The van der Waals surface area contributed by atoms with E-state index in [9.17, 15) is 0 Å². The zero-order chi connectivity index (χ0) is 19.5. The van der Waals surface area contributed by atoms with Gasteiger partial charge in [0.2, 0.25) is 0 Å². The fraction of sp³-hybridized carbons (Fsp3) is 0.0455. The smallest absolute Gasteiger partial charge is 0.162 e. The lowest BCUT2D eigenvalue weighted by atomic mass is 10.2. The van der Waals surface area contributed by atoms with Crippen molar-refractivity contribution in [1.82, 2.24) is 29.7 Å². The summed E-state index contributed by atoms with van der Waals surface area (Å²) in [7, 11) is 0. The van der Waals surface area contributed by atoms with Crippen molar-refractivity contribution in [1.29, 1.82) is 0 Å². The van der Waals surface area contributed by atoms with Gasteiger partial charge in [0.15, 0.2) is 11.6 Å². The summed E-state index contributed by atoms with van der Waals surface area (Å²) >= 11 is 0. The molecule has 0 atom stereocenters. The molecule has 0 saturated heterocycles. The number of fused-ring (bicyclic) bond motifs is 1. The average molecular weight is 379 g/mol. The van der Waals surface area contributed by atoms with Gasteiger partial charge in [0.05, 0.1) is 5.52 Å². The van der Waals surface area contributed by atoms with E-state index in [-0.39, 0.29) is 0 Å². The number of benzene rings is 1. The van der Waals surface area contributed by atoms with Gasteiger partial charge < -0.3 is 5.32 Å². The maximum absolute atomic E-state index is 4.76. The molecule has 140 valence electrons. The number of nitrogens with one attached hydrogen (secondary N) is 1. The van der Waals surface area contributed by atoms with Crippen molar-refractivity contribution in [2.75, 3.05) is 5.32 Å². The predicted molar refractivity (Wildman–Crippen MR) is 111 cm³/mol. The summed E-state index contributed by atoms with van der Waals surface area (Å²) in [5.41, 5.74) is 2.87. The minimum Gasteiger partial charge on any atom is -0.365 e. The zero-order valence-corrected chi connectivity index (χ0v) is 15.5. The van der Waals surface area contributed by atoms with E-state index in [4.69, 9.17) is 9.97 Å². The zero-order valence-electron chi connectivity index (χ0n) is 15.5. The summed E-state index contributed by atoms with van der Waals surface area (Å²) in [6.07, 6.45) is 8.93. The Morgan fingerprint density at radius 3 is 2.55 bits per heavy atom. The summed E-state index contributed by atoms with van der Waals surface area (Å²) in [5.74, 6) is 2.24. The van der Waals surface area contributed by atoms with E-state index in [0.717, 1.165) is 33.7 Å². The van der Waals surface area contributed by atoms with Crippen LogP contribution in [0.1, 0.15) is 5.56 Å². The molecule has 1 N–H and O–H groups in total. The molecule has 0 radical (unpaired) electrons. The maximum Gasteiger partial charge on any atom is 0.162 e. The third-order valence-electron chi connectivity index (χ3n) is 4.55. The van der Waals surface area contributed by atoms with Crippen LogP contribution in [-0.4, -0.2) is 29.7 Å². The summed E-state index contributed by atoms with van der Waals surface area (Å²) in [6.45, 7) is 0.600. The van der Waals surface area contributed by atoms with Crippen LogP contribution in [0.5, 0.6) is 0 Å². The molecule has 0 spiro atoms. The van der Waals surface area contributed by atoms with Crippen molar-refractivity contribution < 1.29 is 0 Å². The minimum absolute atomic E-state index is 0.600. The Bertz CT molecular complexity index is 1230. The molecule has 7 nitrogen and oxygen atoms in total. The lowest BCUT2D eigenvalue weighted by Crippen LogP contribution is -2.05. The van der Waals surface area contributed by atoms with Crippen LogP contribution in [0.2, 0.25) is 0 Å². The number of hydrogen-bond donors (Lipinski definition) is 1. The van der Waals surface area contributed by atoms with Gasteiger partial charge in [0.25, 0.3) is 0 Å². The Hall–Kier alpha value is -4.13. The van der Waals surface area contributed by atoms with Crippen LogP contribution in [-0.2, 0) is 6.54 Å². The van der Waals surface area contributed by atoms with Crippen LogP contribution in [0.4, 0.5) is 5.82 Å². The summed E-state index contributed by atoms with van der Waals surface area (Å²) < 4.78 is 1.73. The van der Waals surface area contributed by atoms with Gasteiger partial charge in [-0.2, -0.15) is 5.10 Å². The monoisotopic (exact) mass is 379 g/mol. The first-order chi connectivity index (χ1) is 14.4. The van der Waals surface area contributed by atoms with Crippen LogP contribution in [0.3, 0.4) is 0 Å². The molecule has 0 unspecified atom stereocenters. The molecule has 0 aliphatic carbocycles. The summed E-state index contributed by atoms with van der Waals surface area (Å²) in [5, 5.41) is 8.62. The van der Waals surface area contributed by atoms with Gasteiger partial charge in [0, 0.05) is 48.5 Å². The second kappa shape index (κ2) is 7.47. The van der Waals surface area contributed by atoms with Crippen LogP contribution in [0.25, 0.3) is 28.1 Å². The van der Waals surface area contributed by atoms with Gasteiger partial charge in [-0.25, -0.2) is 19.6 Å². The molecule has 0 bridgehead atoms. The fourth-order valence-corrected chi connectivity index (χ4v) is 3.09. The molecular formula is C22H17N7. The highest BCUT2D eigenvalue weighted by molar-refractivity contribution is 5.90. The van der Waals surface area contributed by atoms with Gasteiger partial charge >= 0.3 is 0 Å². The van der Waals surface area contributed by atoms with Gasteiger partial charge in [-0.05, 0) is 42.0 Å². The van der Waals surface area contributed by atoms with Crippen molar-refractivity contribution in [3.63, 3.8) is 0 Å². The standard InChI is InChI=1S/C22H17N7/c1-2-5-19-18(4-1)22(28-21(27-19)17-8-11-23-12-9-17)25-15-16-6-7-20(24-14-16)29-13-3-10-26-29/h1-14H,15H2,(H,25,27,28). The summed E-state index contributed by atoms with van der Waals surface area (Å²) in [4.78, 5) is 18.0. The van der Waals surface area contributed by atoms with Crippen molar-refractivity contribution in [2.45, 2.75) is 6.54 Å².